The molecular weight excluding hydrogens is 166 g/mol. The molecule has 11 heavy (non-hydrogen) atoms. The van der Waals surface area contributed by atoms with Gasteiger partial charge in [-0.2, -0.15) is 0 Å². The Morgan fingerprint density at radius 2 is 2.36 bits per heavy atom. The molecule has 1 rings (SSSR count). The van der Waals surface area contributed by atoms with Crippen molar-refractivity contribution >= 4 is 17.3 Å². The van der Waals surface area contributed by atoms with E-state index in [4.69, 9.17) is 10.2 Å². The van der Waals surface area contributed by atoms with Crippen LogP contribution in [0.25, 0.3) is 0 Å². The molecule has 5 heteroatoms. The van der Waals surface area contributed by atoms with Crippen LogP contribution in [0.5, 0.6) is 0 Å². The Morgan fingerprint density at radius 1 is 1.73 bits per heavy atom. The topological polar surface area (TPSA) is 70.4 Å². The first-order valence-electron chi connectivity index (χ1n) is 2.95. The minimum absolute atomic E-state index is 0.196. The molecule has 0 bridgehead atoms. The Balaban J connectivity index is 3.07. The van der Waals surface area contributed by atoms with Crippen LogP contribution in [0.1, 0.15) is 20.4 Å². The quantitative estimate of drug-likeness (QED) is 0.688. The third kappa shape index (κ3) is 1.55. The number of carboxylic acid groups (broad SMARTS) is 1. The molecule has 0 aliphatic carbocycles. The highest BCUT2D eigenvalue weighted by Gasteiger charge is 2.12. The number of nitrogens with zero attached hydrogens (tertiary/aromatic N) is 1. The minimum atomic E-state index is -0.986. The van der Waals surface area contributed by atoms with Crippen molar-refractivity contribution in [2.45, 2.75) is 13.5 Å². The van der Waals surface area contributed by atoms with E-state index in [1.54, 1.807) is 6.92 Å². The zero-order chi connectivity index (χ0) is 8.43. The van der Waals surface area contributed by atoms with Gasteiger partial charge in [-0.05, 0) is 6.92 Å². The number of aliphatic hydroxyl groups excluding tert-OH is 1. The summed E-state index contributed by atoms with van der Waals surface area (Å²) in [7, 11) is 0. The van der Waals surface area contributed by atoms with Gasteiger partial charge in [-0.3, -0.25) is 0 Å². The number of aromatic nitrogens is 1. The first-order chi connectivity index (χ1) is 5.15. The molecule has 4 nitrogen and oxygen atoms in total. The number of aliphatic hydroxyl groups is 1. The number of hydrogen-bond donors (Lipinski definition) is 2. The highest BCUT2D eigenvalue weighted by atomic mass is 32.1. The van der Waals surface area contributed by atoms with E-state index < -0.39 is 5.97 Å². The van der Waals surface area contributed by atoms with E-state index in [9.17, 15) is 4.79 Å². The van der Waals surface area contributed by atoms with E-state index in [-0.39, 0.29) is 11.5 Å². The standard InChI is InChI=1S/C6H7NO3S/c1-3-5(6(9)10)11-4(2-8)7-3/h8H,2H2,1H3,(H,9,10). The van der Waals surface area contributed by atoms with Crippen LogP contribution >= 0.6 is 11.3 Å². The molecular formula is C6H7NO3S. The fourth-order valence-electron chi connectivity index (χ4n) is 0.718. The summed E-state index contributed by atoms with van der Waals surface area (Å²) in [6.45, 7) is 1.41. The summed E-state index contributed by atoms with van der Waals surface area (Å²) in [5.41, 5.74) is 0.464. The first kappa shape index (κ1) is 8.16. The maximum absolute atomic E-state index is 10.4. The monoisotopic (exact) mass is 173 g/mol. The van der Waals surface area contributed by atoms with Gasteiger partial charge in [-0.1, -0.05) is 0 Å². The van der Waals surface area contributed by atoms with Gasteiger partial charge in [0.1, 0.15) is 9.88 Å². The largest absolute Gasteiger partial charge is 0.477 e. The molecule has 0 saturated heterocycles. The van der Waals surface area contributed by atoms with Crippen LogP contribution in [-0.4, -0.2) is 21.2 Å². The SMILES string of the molecule is Cc1nc(CO)sc1C(=O)O. The molecule has 0 aliphatic heterocycles. The van der Waals surface area contributed by atoms with E-state index in [0.717, 1.165) is 11.3 Å². The Labute approximate surface area is 67.1 Å². The van der Waals surface area contributed by atoms with Crippen molar-refractivity contribution in [1.82, 2.24) is 4.98 Å². The first-order valence-corrected chi connectivity index (χ1v) is 3.77. The molecule has 0 amide bonds. The Hall–Kier alpha value is -0.940. The summed E-state index contributed by atoms with van der Waals surface area (Å²) in [4.78, 5) is 14.5. The lowest BCUT2D eigenvalue weighted by Gasteiger charge is -1.84. The van der Waals surface area contributed by atoms with Crippen LogP contribution in [0.2, 0.25) is 0 Å². The van der Waals surface area contributed by atoms with Crippen LogP contribution in [-0.2, 0) is 6.61 Å². The van der Waals surface area contributed by atoms with Gasteiger partial charge >= 0.3 is 5.97 Å². The number of aryl methyl sites for hydroxylation is 1. The Bertz CT molecular complexity index is 281. The number of thiazole rings is 1. The average molecular weight is 173 g/mol. The average Bonchev–Trinajstić information content (AvgIpc) is 2.30. The molecule has 1 aromatic heterocycles. The van der Waals surface area contributed by atoms with E-state index in [1.807, 2.05) is 0 Å². The van der Waals surface area contributed by atoms with Gasteiger partial charge < -0.3 is 10.2 Å². The third-order valence-corrected chi connectivity index (χ3v) is 2.30. The maximum Gasteiger partial charge on any atom is 0.347 e. The fraction of sp³-hybridized carbons (Fsp3) is 0.333. The Kier molecular flexibility index (Phi) is 2.21. The number of carboxylic acids is 1. The summed E-state index contributed by atoms with van der Waals surface area (Å²) >= 11 is 1.01. The maximum atomic E-state index is 10.4. The Morgan fingerprint density at radius 3 is 2.64 bits per heavy atom. The molecule has 60 valence electrons. The van der Waals surface area contributed by atoms with E-state index in [0.29, 0.717) is 10.7 Å². The van der Waals surface area contributed by atoms with E-state index >= 15 is 0 Å². The highest BCUT2D eigenvalue weighted by molar-refractivity contribution is 7.13. The molecule has 0 aliphatic rings. The zero-order valence-electron chi connectivity index (χ0n) is 5.87. The van der Waals surface area contributed by atoms with Gasteiger partial charge in [0, 0.05) is 0 Å². The van der Waals surface area contributed by atoms with Crippen molar-refractivity contribution in [1.29, 1.82) is 0 Å². The lowest BCUT2D eigenvalue weighted by molar-refractivity contribution is 0.0701. The predicted molar refractivity (Wildman–Crippen MR) is 39.7 cm³/mol. The molecule has 0 aromatic carbocycles. The highest BCUT2D eigenvalue weighted by Crippen LogP contribution is 2.17. The molecule has 2 N–H and O–H groups in total. The van der Waals surface area contributed by atoms with Gasteiger partial charge in [0.05, 0.1) is 12.3 Å². The molecule has 0 spiro atoms. The predicted octanol–water partition coefficient (Wildman–Crippen LogP) is 0.642. The van der Waals surface area contributed by atoms with Crippen molar-refractivity contribution in [3.63, 3.8) is 0 Å². The lowest BCUT2D eigenvalue weighted by Crippen LogP contribution is -1.94. The van der Waals surface area contributed by atoms with Crippen molar-refractivity contribution < 1.29 is 15.0 Å². The van der Waals surface area contributed by atoms with Crippen LogP contribution in [0.4, 0.5) is 0 Å². The second-order valence-electron chi connectivity index (χ2n) is 1.99. The van der Waals surface area contributed by atoms with Gasteiger partial charge in [0.25, 0.3) is 0 Å². The van der Waals surface area contributed by atoms with E-state index in [1.165, 1.54) is 0 Å². The molecule has 0 unspecified atom stereocenters. The molecule has 0 fully saturated rings. The summed E-state index contributed by atoms with van der Waals surface area (Å²) in [5.74, 6) is -0.986. The summed E-state index contributed by atoms with van der Waals surface area (Å²) in [6, 6.07) is 0. The normalized spacial score (nSPS) is 10.0. The van der Waals surface area contributed by atoms with Gasteiger partial charge in [0.2, 0.25) is 0 Å². The van der Waals surface area contributed by atoms with Crippen molar-refractivity contribution in [3.8, 4) is 0 Å². The summed E-state index contributed by atoms with van der Waals surface area (Å²) in [5, 5.41) is 17.6. The summed E-state index contributed by atoms with van der Waals surface area (Å²) < 4.78 is 0. The van der Waals surface area contributed by atoms with Gasteiger partial charge in [0.15, 0.2) is 0 Å². The minimum Gasteiger partial charge on any atom is -0.477 e. The van der Waals surface area contributed by atoms with Crippen LogP contribution in [0, 0.1) is 6.92 Å². The van der Waals surface area contributed by atoms with Crippen LogP contribution in [0.3, 0.4) is 0 Å². The second-order valence-corrected chi connectivity index (χ2v) is 3.07. The number of aromatic carboxylic acids is 1. The molecule has 0 saturated carbocycles. The number of rotatable bonds is 2. The number of hydrogen-bond acceptors (Lipinski definition) is 4. The van der Waals surface area contributed by atoms with Crippen molar-refractivity contribution in [3.05, 3.63) is 15.6 Å². The van der Waals surface area contributed by atoms with Crippen molar-refractivity contribution in [2.75, 3.05) is 0 Å². The van der Waals surface area contributed by atoms with Crippen molar-refractivity contribution in [2.24, 2.45) is 0 Å². The fourth-order valence-corrected chi connectivity index (χ4v) is 1.48. The molecule has 0 atom stereocenters. The van der Waals surface area contributed by atoms with Gasteiger partial charge in [-0.25, -0.2) is 9.78 Å². The third-order valence-electron chi connectivity index (χ3n) is 1.17. The molecule has 0 radical (unpaired) electrons. The smallest absolute Gasteiger partial charge is 0.347 e. The zero-order valence-corrected chi connectivity index (χ0v) is 6.68. The lowest BCUT2D eigenvalue weighted by atomic mass is 10.4. The number of carbonyl (C=O) groups is 1. The molecule has 1 aromatic rings. The second kappa shape index (κ2) is 2.98. The van der Waals surface area contributed by atoms with Crippen LogP contribution < -0.4 is 0 Å². The van der Waals surface area contributed by atoms with Gasteiger partial charge in [-0.15, -0.1) is 11.3 Å². The van der Waals surface area contributed by atoms with Crippen LogP contribution in [0.15, 0.2) is 0 Å². The summed E-state index contributed by atoms with van der Waals surface area (Å²) in [6.07, 6.45) is 0. The van der Waals surface area contributed by atoms with E-state index in [2.05, 4.69) is 4.98 Å². The molecule has 1 heterocycles.